The quantitative estimate of drug-likeness (QED) is 0.724. The first-order valence-electron chi connectivity index (χ1n) is 9.68. The highest BCUT2D eigenvalue weighted by atomic mass is 19.1. The van der Waals surface area contributed by atoms with Gasteiger partial charge in [0.05, 0.1) is 24.6 Å². The zero-order valence-electron chi connectivity index (χ0n) is 17.8. The number of hydrogen-bond donors (Lipinski definition) is 2. The summed E-state index contributed by atoms with van der Waals surface area (Å²) in [5, 5.41) is 8.92. The summed E-state index contributed by atoms with van der Waals surface area (Å²) in [7, 11) is 3.38. The van der Waals surface area contributed by atoms with Gasteiger partial charge in [-0.2, -0.15) is 0 Å². The number of aromatic nitrogens is 2. The van der Waals surface area contributed by atoms with Crippen LogP contribution in [0.3, 0.4) is 0 Å². The van der Waals surface area contributed by atoms with Crippen LogP contribution in [0.25, 0.3) is 11.3 Å². The fourth-order valence-electron chi connectivity index (χ4n) is 3.06. The maximum atomic E-state index is 13.9. The van der Waals surface area contributed by atoms with Crippen molar-refractivity contribution in [3.8, 4) is 11.3 Å². The summed E-state index contributed by atoms with van der Waals surface area (Å²) in [6.07, 6.45) is 3.78. The molecule has 1 unspecified atom stereocenters. The molecule has 2 aromatic rings. The molecule has 9 heteroatoms. The zero-order valence-corrected chi connectivity index (χ0v) is 17.8. The lowest BCUT2D eigenvalue weighted by Gasteiger charge is -2.29. The second-order valence-corrected chi connectivity index (χ2v) is 6.46. The lowest BCUT2D eigenvalue weighted by atomic mass is 9.95. The van der Waals surface area contributed by atoms with E-state index in [2.05, 4.69) is 26.7 Å². The molecular weight excluding hydrogens is 391 g/mol. The number of carbonyl (C=O) groups is 2. The molecule has 2 heterocycles. The van der Waals surface area contributed by atoms with E-state index < -0.39 is 11.8 Å². The van der Waals surface area contributed by atoms with E-state index >= 15 is 0 Å². The molecule has 1 aromatic carbocycles. The van der Waals surface area contributed by atoms with Crippen molar-refractivity contribution in [1.82, 2.24) is 14.9 Å². The number of nitrogens with zero attached hydrogens (tertiary/aromatic N) is 3. The summed E-state index contributed by atoms with van der Waals surface area (Å²) < 4.78 is 17.8. The molecule has 0 aliphatic carbocycles. The third-order valence-electron chi connectivity index (χ3n) is 4.43. The number of hydrogen-bond acceptors (Lipinski definition) is 7. The van der Waals surface area contributed by atoms with Crippen LogP contribution in [0.1, 0.15) is 48.7 Å². The highest BCUT2D eigenvalue weighted by Crippen LogP contribution is 2.29. The van der Waals surface area contributed by atoms with E-state index in [0.29, 0.717) is 17.7 Å². The number of nitrogen functional groups attached to an aromatic ring is 1. The van der Waals surface area contributed by atoms with Crippen LogP contribution in [-0.4, -0.2) is 59.7 Å². The molecule has 1 saturated heterocycles. The first-order valence-corrected chi connectivity index (χ1v) is 9.68. The number of methoxy groups -OCH3 is 1. The molecule has 1 fully saturated rings. The summed E-state index contributed by atoms with van der Waals surface area (Å²) >= 11 is 0. The molecule has 1 atom stereocenters. The number of halogens is 1. The van der Waals surface area contributed by atoms with Gasteiger partial charge in [0, 0.05) is 18.0 Å². The van der Waals surface area contributed by atoms with Crippen LogP contribution in [0.5, 0.6) is 0 Å². The average Bonchev–Trinajstić information content (AvgIpc) is 2.75. The molecule has 30 heavy (non-hydrogen) atoms. The van der Waals surface area contributed by atoms with E-state index in [9.17, 15) is 9.18 Å². The monoisotopic (exact) mass is 420 g/mol. The van der Waals surface area contributed by atoms with Gasteiger partial charge in [0.15, 0.2) is 0 Å². The summed E-state index contributed by atoms with van der Waals surface area (Å²) in [4.78, 5) is 30.9. The Bertz CT molecular complexity index is 848. The van der Waals surface area contributed by atoms with Gasteiger partial charge in [-0.3, -0.25) is 4.79 Å². The molecule has 3 N–H and O–H groups in total. The van der Waals surface area contributed by atoms with E-state index in [1.54, 1.807) is 6.20 Å². The van der Waals surface area contributed by atoms with Crippen molar-refractivity contribution in [1.29, 1.82) is 0 Å². The lowest BCUT2D eigenvalue weighted by Crippen LogP contribution is -2.31. The molecule has 1 aliphatic rings. The molecule has 0 spiro atoms. The molecule has 0 bridgehead atoms. The van der Waals surface area contributed by atoms with E-state index in [1.807, 2.05) is 13.8 Å². The minimum atomic E-state index is -1.31. The van der Waals surface area contributed by atoms with Crippen LogP contribution < -0.4 is 5.73 Å². The van der Waals surface area contributed by atoms with Crippen molar-refractivity contribution in [3.63, 3.8) is 0 Å². The predicted octanol–water partition coefficient (Wildman–Crippen LogP) is 3.19. The molecule has 0 amide bonds. The highest BCUT2D eigenvalue weighted by molar-refractivity contribution is 5.88. The smallest absolute Gasteiger partial charge is 0.338 e. The van der Waals surface area contributed by atoms with Crippen LogP contribution in [-0.2, 0) is 9.53 Å². The molecule has 0 radical (unpaired) electrons. The minimum Gasteiger partial charge on any atom is -0.478 e. The number of benzene rings is 1. The fourth-order valence-corrected chi connectivity index (χ4v) is 3.06. The zero-order chi connectivity index (χ0) is 22.7. The Kier molecular flexibility index (Phi) is 10.4. The molecule has 164 valence electrons. The molecule has 1 aromatic heterocycles. The SMILES string of the molecule is CC.CN1CCCC(c2cnc(N)c(-c3ccc(C(=O)O)c(F)c3)n2)C1.COC=O. The Morgan fingerprint density at radius 3 is 2.60 bits per heavy atom. The topological polar surface area (TPSA) is 119 Å². The van der Waals surface area contributed by atoms with Gasteiger partial charge in [-0.1, -0.05) is 19.9 Å². The Morgan fingerprint density at radius 2 is 2.07 bits per heavy atom. The maximum Gasteiger partial charge on any atom is 0.338 e. The molecule has 1 aliphatic heterocycles. The van der Waals surface area contributed by atoms with E-state index in [1.165, 1.54) is 19.2 Å². The minimum absolute atomic E-state index is 0.199. The van der Waals surface area contributed by atoms with E-state index in [4.69, 9.17) is 15.6 Å². The summed E-state index contributed by atoms with van der Waals surface area (Å²) in [5.74, 6) is -1.66. The Morgan fingerprint density at radius 1 is 1.40 bits per heavy atom. The van der Waals surface area contributed by atoms with Crippen LogP contribution in [0.4, 0.5) is 10.2 Å². The number of nitrogens with two attached hydrogens (primary N) is 1. The van der Waals surface area contributed by atoms with Crippen molar-refractivity contribution < 1.29 is 23.8 Å². The van der Waals surface area contributed by atoms with Crippen LogP contribution in [0.15, 0.2) is 24.4 Å². The molecule has 8 nitrogen and oxygen atoms in total. The van der Waals surface area contributed by atoms with Crippen molar-refractivity contribution in [2.75, 3.05) is 33.0 Å². The normalized spacial score (nSPS) is 15.7. The Labute approximate surface area is 175 Å². The second kappa shape index (κ2) is 12.5. The fraction of sp³-hybridized carbons (Fsp3) is 0.429. The summed E-state index contributed by atoms with van der Waals surface area (Å²) in [5.41, 5.74) is 7.16. The number of carboxylic acids is 1. The molecular formula is C21H29FN4O4. The van der Waals surface area contributed by atoms with Crippen molar-refractivity contribution >= 4 is 18.3 Å². The van der Waals surface area contributed by atoms with Gasteiger partial charge in [0.2, 0.25) is 0 Å². The van der Waals surface area contributed by atoms with Gasteiger partial charge < -0.3 is 20.5 Å². The summed E-state index contributed by atoms with van der Waals surface area (Å²) in [6, 6.07) is 3.86. The van der Waals surface area contributed by atoms with E-state index in [0.717, 1.165) is 37.7 Å². The summed E-state index contributed by atoms with van der Waals surface area (Å²) in [6.45, 7) is 6.33. The molecule has 0 saturated carbocycles. The highest BCUT2D eigenvalue weighted by Gasteiger charge is 2.22. The average molecular weight is 420 g/mol. The number of likely N-dealkylation sites (N-methyl/N-ethyl adjacent to an activating group) is 1. The molecule has 3 rings (SSSR count). The number of carbonyl (C=O) groups excluding carboxylic acids is 1. The first kappa shape index (κ1) is 25.0. The number of ether oxygens (including phenoxy) is 1. The van der Waals surface area contributed by atoms with Gasteiger partial charge in [-0.25, -0.2) is 19.2 Å². The van der Waals surface area contributed by atoms with Crippen LogP contribution in [0, 0.1) is 5.82 Å². The predicted molar refractivity (Wildman–Crippen MR) is 113 cm³/mol. The standard InChI is InChI=1S/C17H19FN4O2.C2H4O2.C2H6/c1-22-6-2-3-11(9-22)14-8-20-16(19)15(21-14)10-4-5-12(17(23)24)13(18)7-10;1-4-2-3;1-2/h4-5,7-8,11H,2-3,6,9H2,1H3,(H2,19,20)(H,23,24);2H,1H3;1-2H3. The van der Waals surface area contributed by atoms with Gasteiger partial charge >= 0.3 is 5.97 Å². The Balaban J connectivity index is 0.000000673. The number of piperidine rings is 1. The van der Waals surface area contributed by atoms with Crippen molar-refractivity contribution in [3.05, 3.63) is 41.5 Å². The number of likely N-dealkylation sites (tertiary alicyclic amines) is 1. The van der Waals surface area contributed by atoms with Gasteiger partial charge in [0.1, 0.15) is 17.3 Å². The third kappa shape index (κ3) is 6.77. The number of carboxylic acid groups (broad SMARTS) is 1. The maximum absolute atomic E-state index is 13.9. The van der Waals surface area contributed by atoms with E-state index in [-0.39, 0.29) is 17.3 Å². The van der Waals surface area contributed by atoms with Crippen LogP contribution in [0.2, 0.25) is 0 Å². The van der Waals surface area contributed by atoms with Crippen molar-refractivity contribution in [2.45, 2.75) is 32.6 Å². The Hall–Kier alpha value is -3.07. The lowest BCUT2D eigenvalue weighted by molar-refractivity contribution is -0.126. The first-order chi connectivity index (χ1) is 14.4. The largest absolute Gasteiger partial charge is 0.478 e. The van der Waals surface area contributed by atoms with Crippen LogP contribution >= 0.6 is 0 Å². The van der Waals surface area contributed by atoms with Crippen molar-refractivity contribution in [2.24, 2.45) is 0 Å². The third-order valence-corrected chi connectivity index (χ3v) is 4.43. The second-order valence-electron chi connectivity index (χ2n) is 6.46. The van der Waals surface area contributed by atoms with Gasteiger partial charge in [0.25, 0.3) is 6.47 Å². The van der Waals surface area contributed by atoms with Gasteiger partial charge in [-0.05, 0) is 38.6 Å². The number of rotatable bonds is 4. The number of anilines is 1. The van der Waals surface area contributed by atoms with Gasteiger partial charge in [-0.15, -0.1) is 0 Å². The number of aromatic carboxylic acids is 1.